The molecule has 1 aromatic carbocycles. The van der Waals surface area contributed by atoms with Crippen molar-refractivity contribution in [3.63, 3.8) is 0 Å². The summed E-state index contributed by atoms with van der Waals surface area (Å²) >= 11 is 0. The number of amides is 2. The second kappa shape index (κ2) is 12.5. The lowest BCUT2D eigenvalue weighted by molar-refractivity contribution is -0.142. The van der Waals surface area contributed by atoms with Crippen LogP contribution in [0.4, 0.5) is 0 Å². The number of nitrogens with one attached hydrogen (secondary N) is 1. The topological polar surface area (TPSA) is 87.5 Å². The Bertz CT molecular complexity index is 1030. The molecule has 0 spiro atoms. The summed E-state index contributed by atoms with van der Waals surface area (Å²) in [5.41, 5.74) is 4.66. The Morgan fingerprint density at radius 2 is 1.92 bits per heavy atom. The molecule has 2 amide bonds. The Hall–Kier alpha value is -2.67. The van der Waals surface area contributed by atoms with Crippen molar-refractivity contribution in [3.8, 4) is 11.3 Å². The minimum atomic E-state index is -0.661. The molecule has 2 aromatic rings. The van der Waals surface area contributed by atoms with Gasteiger partial charge in [0.1, 0.15) is 6.04 Å². The zero-order chi connectivity index (χ0) is 26.4. The molecule has 0 bridgehead atoms. The van der Waals surface area contributed by atoms with Crippen molar-refractivity contribution in [2.45, 2.75) is 98.4 Å². The summed E-state index contributed by atoms with van der Waals surface area (Å²) in [4.78, 5) is 28.0. The van der Waals surface area contributed by atoms with E-state index in [0.29, 0.717) is 6.42 Å². The van der Waals surface area contributed by atoms with E-state index in [1.807, 2.05) is 51.6 Å². The van der Waals surface area contributed by atoms with Crippen LogP contribution >= 0.6 is 0 Å². The van der Waals surface area contributed by atoms with Crippen molar-refractivity contribution in [1.82, 2.24) is 20.0 Å². The first kappa shape index (κ1) is 27.9. The van der Waals surface area contributed by atoms with Gasteiger partial charge >= 0.3 is 0 Å². The van der Waals surface area contributed by atoms with Crippen LogP contribution in [0.25, 0.3) is 11.3 Å². The van der Waals surface area contributed by atoms with E-state index < -0.39 is 12.1 Å². The highest BCUT2D eigenvalue weighted by Crippen LogP contribution is 2.33. The maximum atomic E-state index is 13.4. The van der Waals surface area contributed by atoms with Crippen molar-refractivity contribution in [2.24, 2.45) is 11.8 Å². The zero-order valence-electron chi connectivity index (χ0n) is 22.8. The first-order valence-electron chi connectivity index (χ1n) is 13.7. The normalized spacial score (nSPS) is 22.3. The van der Waals surface area contributed by atoms with Gasteiger partial charge in [0.25, 0.3) is 0 Å². The van der Waals surface area contributed by atoms with Gasteiger partial charge in [0.2, 0.25) is 11.8 Å². The van der Waals surface area contributed by atoms with E-state index >= 15 is 0 Å². The number of carbonyl (C=O) groups is 2. The molecule has 1 aromatic heterocycles. The van der Waals surface area contributed by atoms with E-state index in [9.17, 15) is 14.7 Å². The predicted octanol–water partition coefficient (Wildman–Crippen LogP) is 4.73. The summed E-state index contributed by atoms with van der Waals surface area (Å²) in [6.07, 6.45) is 5.42. The maximum Gasteiger partial charge on any atom is 0.243 e. The highest BCUT2D eigenvalue weighted by molar-refractivity contribution is 5.89. The third-order valence-electron chi connectivity index (χ3n) is 7.59. The molecule has 1 aliphatic heterocycles. The molecule has 2 aliphatic rings. The first-order chi connectivity index (χ1) is 17.3. The van der Waals surface area contributed by atoms with Crippen LogP contribution in [0.5, 0.6) is 0 Å². The van der Waals surface area contributed by atoms with Gasteiger partial charge < -0.3 is 15.3 Å². The molecule has 7 heteroatoms. The Morgan fingerprint density at radius 3 is 2.61 bits per heavy atom. The lowest BCUT2D eigenvalue weighted by atomic mass is 9.95. The summed E-state index contributed by atoms with van der Waals surface area (Å²) in [5.74, 6) is -0.216. The number of aliphatic hydroxyl groups is 1. The molecular formula is C29H44N4O3. The van der Waals surface area contributed by atoms with E-state index in [2.05, 4.69) is 35.5 Å². The van der Waals surface area contributed by atoms with Crippen LogP contribution in [0.2, 0.25) is 0 Å². The fourth-order valence-electron chi connectivity index (χ4n) is 5.24. The molecule has 0 radical (unpaired) electrons. The summed E-state index contributed by atoms with van der Waals surface area (Å²) in [5, 5.41) is 17.9. The lowest BCUT2D eigenvalue weighted by Gasteiger charge is -2.29. The Kier molecular flexibility index (Phi) is 9.71. The number of fused-ring (bicyclic) bond motifs is 1. The minimum absolute atomic E-state index is 0.0508. The van der Waals surface area contributed by atoms with Crippen molar-refractivity contribution in [1.29, 1.82) is 0 Å². The largest absolute Gasteiger partial charge is 0.391 e. The lowest BCUT2D eigenvalue weighted by Crippen LogP contribution is -2.48. The number of hydrogen-bond acceptors (Lipinski definition) is 4. The van der Waals surface area contributed by atoms with Gasteiger partial charge in [-0.2, -0.15) is 5.10 Å². The summed E-state index contributed by atoms with van der Waals surface area (Å²) in [7, 11) is 0. The van der Waals surface area contributed by atoms with Crippen molar-refractivity contribution in [3.05, 3.63) is 41.6 Å². The first-order valence-corrected chi connectivity index (χ1v) is 13.7. The standard InChI is InChI=1S/C27H38N4O3.C2H6/c1-5-31-24(12-13-28-31)20-10-11-22-19(14-20)8-6-7-9-23(22)29-26(33)25-15-21(32)16-30(25)27(34)18(4)17(2)3;1-2/h10-14,17-18,21,23,25,32H,5-9,15-16H2,1-4H3,(H,29,33);1-2H3. The fourth-order valence-corrected chi connectivity index (χ4v) is 5.24. The maximum absolute atomic E-state index is 13.4. The van der Waals surface area contributed by atoms with Gasteiger partial charge in [-0.15, -0.1) is 0 Å². The Balaban J connectivity index is 0.00000176. The van der Waals surface area contributed by atoms with Gasteiger partial charge in [-0.25, -0.2) is 0 Å². The second-order valence-electron chi connectivity index (χ2n) is 10.2. The Morgan fingerprint density at radius 1 is 1.17 bits per heavy atom. The number of carbonyl (C=O) groups excluding carboxylic acids is 2. The second-order valence-corrected chi connectivity index (χ2v) is 10.2. The number of likely N-dealkylation sites (tertiary alicyclic amines) is 1. The number of nitrogens with zero attached hydrogens (tertiary/aromatic N) is 3. The highest BCUT2D eigenvalue weighted by atomic mass is 16.3. The zero-order valence-corrected chi connectivity index (χ0v) is 22.8. The summed E-state index contributed by atoms with van der Waals surface area (Å²) in [6.45, 7) is 13.0. The molecule has 1 aliphatic carbocycles. The van der Waals surface area contributed by atoms with Crippen molar-refractivity contribution < 1.29 is 14.7 Å². The monoisotopic (exact) mass is 496 g/mol. The molecule has 2 heterocycles. The number of aryl methyl sites for hydroxylation is 2. The van der Waals surface area contributed by atoms with E-state index in [-0.39, 0.29) is 36.2 Å². The predicted molar refractivity (Wildman–Crippen MR) is 143 cm³/mol. The smallest absolute Gasteiger partial charge is 0.243 e. The van der Waals surface area contributed by atoms with Crippen LogP contribution in [0.1, 0.15) is 84.4 Å². The number of β-amino-alcohol motifs (C(OH)–C–C–N with tert-alkyl or cyclic N) is 1. The molecule has 4 atom stereocenters. The summed E-state index contributed by atoms with van der Waals surface area (Å²) < 4.78 is 1.99. The molecule has 36 heavy (non-hydrogen) atoms. The van der Waals surface area contributed by atoms with Crippen LogP contribution < -0.4 is 5.32 Å². The molecule has 1 fully saturated rings. The van der Waals surface area contributed by atoms with Gasteiger partial charge in [-0.05, 0) is 55.4 Å². The molecular weight excluding hydrogens is 452 g/mol. The molecule has 2 N–H and O–H groups in total. The van der Waals surface area contributed by atoms with Crippen LogP contribution in [0, 0.1) is 11.8 Å². The van der Waals surface area contributed by atoms with Gasteiger partial charge in [0.05, 0.1) is 17.8 Å². The van der Waals surface area contributed by atoms with Gasteiger partial charge in [-0.1, -0.05) is 53.2 Å². The molecule has 0 saturated carbocycles. The summed E-state index contributed by atoms with van der Waals surface area (Å²) in [6, 6.07) is 7.83. The quantitative estimate of drug-likeness (QED) is 0.566. The highest BCUT2D eigenvalue weighted by Gasteiger charge is 2.41. The average molecular weight is 497 g/mol. The van der Waals surface area contributed by atoms with E-state index in [1.165, 1.54) is 5.56 Å². The molecule has 198 valence electrons. The van der Waals surface area contributed by atoms with Crippen LogP contribution in [-0.4, -0.2) is 50.3 Å². The third-order valence-corrected chi connectivity index (χ3v) is 7.59. The number of benzene rings is 1. The molecule has 4 unspecified atom stereocenters. The van der Waals surface area contributed by atoms with Crippen LogP contribution in [0.3, 0.4) is 0 Å². The SMILES string of the molecule is CC.CCn1nccc1-c1ccc2c(c1)CCCCC2NC(=O)C1CC(O)CN1C(=O)C(C)C(C)C. The van der Waals surface area contributed by atoms with Gasteiger partial charge in [-0.3, -0.25) is 14.3 Å². The minimum Gasteiger partial charge on any atom is -0.391 e. The molecule has 1 saturated heterocycles. The van der Waals surface area contributed by atoms with E-state index in [0.717, 1.165) is 49.0 Å². The molecule has 7 nitrogen and oxygen atoms in total. The number of aromatic nitrogens is 2. The van der Waals surface area contributed by atoms with E-state index in [1.54, 1.807) is 4.90 Å². The van der Waals surface area contributed by atoms with Crippen molar-refractivity contribution >= 4 is 11.8 Å². The van der Waals surface area contributed by atoms with Crippen LogP contribution in [-0.2, 0) is 22.6 Å². The Labute approximate surface area is 216 Å². The molecule has 4 rings (SSSR count). The van der Waals surface area contributed by atoms with Gasteiger partial charge in [0, 0.05) is 37.2 Å². The fraction of sp³-hybridized carbons (Fsp3) is 0.621. The van der Waals surface area contributed by atoms with Gasteiger partial charge in [0.15, 0.2) is 0 Å². The number of rotatable bonds is 6. The average Bonchev–Trinajstić information content (AvgIpc) is 3.47. The van der Waals surface area contributed by atoms with Crippen molar-refractivity contribution in [2.75, 3.05) is 6.54 Å². The number of hydrogen-bond donors (Lipinski definition) is 2. The third kappa shape index (κ3) is 6.00. The number of aliphatic hydroxyl groups excluding tert-OH is 1. The van der Waals surface area contributed by atoms with E-state index in [4.69, 9.17) is 0 Å². The van der Waals surface area contributed by atoms with Crippen LogP contribution in [0.15, 0.2) is 30.5 Å².